The standard InChI is InChI=1S/C19H21NO3/c1-23-19(22)8-5-13-20-18(21)14-15-9-11-17(12-10-15)16-6-3-2-4-7-16/h2-4,6-7,9-12H,5,8,13-14H2,1H3,(H,20,21). The lowest BCUT2D eigenvalue weighted by Crippen LogP contribution is -2.26. The van der Waals surface area contributed by atoms with E-state index in [0.29, 0.717) is 25.8 Å². The van der Waals surface area contributed by atoms with E-state index >= 15 is 0 Å². The second-order valence-electron chi connectivity index (χ2n) is 5.27. The van der Waals surface area contributed by atoms with E-state index in [1.54, 1.807) is 0 Å². The number of carbonyl (C=O) groups excluding carboxylic acids is 2. The molecular weight excluding hydrogens is 290 g/mol. The molecule has 0 aliphatic rings. The third kappa shape index (κ3) is 5.58. The number of hydrogen-bond acceptors (Lipinski definition) is 3. The van der Waals surface area contributed by atoms with Gasteiger partial charge in [0, 0.05) is 13.0 Å². The molecule has 0 unspecified atom stereocenters. The largest absolute Gasteiger partial charge is 0.469 e. The number of methoxy groups -OCH3 is 1. The third-order valence-corrected chi connectivity index (χ3v) is 3.53. The fourth-order valence-corrected chi connectivity index (χ4v) is 2.26. The number of esters is 1. The molecule has 0 aliphatic carbocycles. The Bertz CT molecular complexity index is 635. The summed E-state index contributed by atoms with van der Waals surface area (Å²) in [6, 6.07) is 18.1. The van der Waals surface area contributed by atoms with E-state index in [1.807, 2.05) is 42.5 Å². The van der Waals surface area contributed by atoms with Gasteiger partial charge in [0.25, 0.3) is 0 Å². The number of amides is 1. The highest BCUT2D eigenvalue weighted by Crippen LogP contribution is 2.19. The number of carbonyl (C=O) groups is 2. The Labute approximate surface area is 136 Å². The van der Waals surface area contributed by atoms with Crippen LogP contribution in [0.4, 0.5) is 0 Å². The van der Waals surface area contributed by atoms with E-state index in [-0.39, 0.29) is 11.9 Å². The lowest BCUT2D eigenvalue weighted by atomic mass is 10.0. The molecule has 0 atom stereocenters. The zero-order valence-corrected chi connectivity index (χ0v) is 13.2. The van der Waals surface area contributed by atoms with Crippen LogP contribution in [0.1, 0.15) is 18.4 Å². The maximum absolute atomic E-state index is 11.9. The summed E-state index contributed by atoms with van der Waals surface area (Å²) in [4.78, 5) is 22.8. The van der Waals surface area contributed by atoms with Gasteiger partial charge in [-0.2, -0.15) is 0 Å². The van der Waals surface area contributed by atoms with Gasteiger partial charge in [0.05, 0.1) is 13.5 Å². The average Bonchev–Trinajstić information content (AvgIpc) is 2.60. The molecule has 0 bridgehead atoms. The molecular formula is C19H21NO3. The van der Waals surface area contributed by atoms with Gasteiger partial charge < -0.3 is 10.1 Å². The van der Waals surface area contributed by atoms with E-state index in [0.717, 1.165) is 16.7 Å². The molecule has 0 aromatic heterocycles. The maximum atomic E-state index is 11.9. The fraction of sp³-hybridized carbons (Fsp3) is 0.263. The van der Waals surface area contributed by atoms with E-state index in [9.17, 15) is 9.59 Å². The van der Waals surface area contributed by atoms with Gasteiger partial charge in [-0.25, -0.2) is 0 Å². The zero-order chi connectivity index (χ0) is 16.5. The van der Waals surface area contributed by atoms with Crippen molar-refractivity contribution in [1.29, 1.82) is 0 Å². The second-order valence-corrected chi connectivity index (χ2v) is 5.27. The molecule has 120 valence electrons. The van der Waals surface area contributed by atoms with Gasteiger partial charge in [-0.05, 0) is 23.1 Å². The first-order valence-corrected chi connectivity index (χ1v) is 7.67. The van der Waals surface area contributed by atoms with Crippen LogP contribution in [0.25, 0.3) is 11.1 Å². The quantitative estimate of drug-likeness (QED) is 0.632. The van der Waals surface area contributed by atoms with Crippen LogP contribution in [0.3, 0.4) is 0 Å². The predicted octanol–water partition coefficient (Wildman–Crippen LogP) is 2.97. The Morgan fingerprint density at radius 3 is 2.26 bits per heavy atom. The highest BCUT2D eigenvalue weighted by molar-refractivity contribution is 5.79. The molecule has 1 N–H and O–H groups in total. The smallest absolute Gasteiger partial charge is 0.305 e. The van der Waals surface area contributed by atoms with Gasteiger partial charge in [-0.1, -0.05) is 54.6 Å². The Kier molecular flexibility index (Phi) is 6.36. The molecule has 23 heavy (non-hydrogen) atoms. The highest BCUT2D eigenvalue weighted by Gasteiger charge is 2.05. The number of rotatable bonds is 7. The van der Waals surface area contributed by atoms with Crippen LogP contribution in [0.5, 0.6) is 0 Å². The Balaban J connectivity index is 1.79. The minimum atomic E-state index is -0.254. The lowest BCUT2D eigenvalue weighted by molar-refractivity contribution is -0.140. The van der Waals surface area contributed by atoms with Crippen molar-refractivity contribution in [3.05, 3.63) is 60.2 Å². The van der Waals surface area contributed by atoms with Gasteiger partial charge in [-0.15, -0.1) is 0 Å². The third-order valence-electron chi connectivity index (χ3n) is 3.53. The van der Waals surface area contributed by atoms with E-state index in [2.05, 4.69) is 22.2 Å². The monoisotopic (exact) mass is 311 g/mol. The van der Waals surface area contributed by atoms with Gasteiger partial charge >= 0.3 is 5.97 Å². The molecule has 0 aliphatic heterocycles. The maximum Gasteiger partial charge on any atom is 0.305 e. The van der Waals surface area contributed by atoms with Crippen molar-refractivity contribution >= 4 is 11.9 Å². The summed E-state index contributed by atoms with van der Waals surface area (Å²) in [6.45, 7) is 0.482. The van der Waals surface area contributed by atoms with Gasteiger partial charge in [0.1, 0.15) is 0 Å². The number of hydrogen-bond donors (Lipinski definition) is 1. The number of benzene rings is 2. The van der Waals surface area contributed by atoms with E-state index < -0.39 is 0 Å². The predicted molar refractivity (Wildman–Crippen MR) is 89.8 cm³/mol. The van der Waals surface area contributed by atoms with Crippen molar-refractivity contribution in [3.63, 3.8) is 0 Å². The summed E-state index contributed by atoms with van der Waals surface area (Å²) in [5.74, 6) is -0.293. The molecule has 2 aromatic carbocycles. The summed E-state index contributed by atoms with van der Waals surface area (Å²) in [5, 5.41) is 2.81. The zero-order valence-electron chi connectivity index (χ0n) is 13.2. The van der Waals surface area contributed by atoms with Crippen LogP contribution < -0.4 is 5.32 Å². The van der Waals surface area contributed by atoms with Crippen molar-refractivity contribution in [2.75, 3.05) is 13.7 Å². The molecule has 0 fully saturated rings. The molecule has 0 saturated carbocycles. The van der Waals surface area contributed by atoms with Crippen LogP contribution in [0, 0.1) is 0 Å². The SMILES string of the molecule is COC(=O)CCCNC(=O)Cc1ccc(-c2ccccc2)cc1. The minimum absolute atomic E-state index is 0.0395. The highest BCUT2D eigenvalue weighted by atomic mass is 16.5. The summed E-state index contributed by atoms with van der Waals surface area (Å²) in [7, 11) is 1.36. The van der Waals surface area contributed by atoms with Gasteiger partial charge in [-0.3, -0.25) is 9.59 Å². The van der Waals surface area contributed by atoms with Crippen molar-refractivity contribution in [1.82, 2.24) is 5.32 Å². The Hall–Kier alpha value is -2.62. The summed E-state index contributed by atoms with van der Waals surface area (Å²) in [5.41, 5.74) is 3.26. The van der Waals surface area contributed by atoms with Crippen molar-refractivity contribution < 1.29 is 14.3 Å². The normalized spacial score (nSPS) is 10.1. The molecule has 4 heteroatoms. The topological polar surface area (TPSA) is 55.4 Å². The van der Waals surface area contributed by atoms with Crippen LogP contribution >= 0.6 is 0 Å². The summed E-state index contributed by atoms with van der Waals surface area (Å²) < 4.78 is 4.55. The second kappa shape index (κ2) is 8.73. The van der Waals surface area contributed by atoms with Crippen molar-refractivity contribution in [2.24, 2.45) is 0 Å². The lowest BCUT2D eigenvalue weighted by Gasteiger charge is -2.06. The number of ether oxygens (including phenoxy) is 1. The Morgan fingerprint density at radius 2 is 1.61 bits per heavy atom. The molecule has 0 radical (unpaired) electrons. The first-order chi connectivity index (χ1) is 11.2. The van der Waals surface area contributed by atoms with Gasteiger partial charge in [0.2, 0.25) is 5.91 Å². The first kappa shape index (κ1) is 16.7. The van der Waals surface area contributed by atoms with Crippen LogP contribution in [0.15, 0.2) is 54.6 Å². The minimum Gasteiger partial charge on any atom is -0.469 e. The summed E-state index contributed by atoms with van der Waals surface area (Å²) in [6.07, 6.45) is 1.25. The number of nitrogens with one attached hydrogen (secondary N) is 1. The van der Waals surface area contributed by atoms with Crippen molar-refractivity contribution in [3.8, 4) is 11.1 Å². The average molecular weight is 311 g/mol. The summed E-state index contributed by atoms with van der Waals surface area (Å²) >= 11 is 0. The van der Waals surface area contributed by atoms with Crippen LogP contribution in [0.2, 0.25) is 0 Å². The molecule has 2 rings (SSSR count). The fourth-order valence-electron chi connectivity index (χ4n) is 2.26. The van der Waals surface area contributed by atoms with Crippen LogP contribution in [-0.4, -0.2) is 25.5 Å². The Morgan fingerprint density at radius 1 is 0.957 bits per heavy atom. The van der Waals surface area contributed by atoms with Crippen LogP contribution in [-0.2, 0) is 20.7 Å². The van der Waals surface area contributed by atoms with E-state index in [1.165, 1.54) is 7.11 Å². The van der Waals surface area contributed by atoms with Crippen molar-refractivity contribution in [2.45, 2.75) is 19.3 Å². The molecule has 0 saturated heterocycles. The molecule has 4 nitrogen and oxygen atoms in total. The van der Waals surface area contributed by atoms with Gasteiger partial charge in [0.15, 0.2) is 0 Å². The molecule has 0 heterocycles. The van der Waals surface area contributed by atoms with E-state index in [4.69, 9.17) is 0 Å². The molecule has 1 amide bonds. The first-order valence-electron chi connectivity index (χ1n) is 7.67. The molecule has 0 spiro atoms. The molecule has 2 aromatic rings.